The fourth-order valence-corrected chi connectivity index (χ4v) is 4.78. The van der Waals surface area contributed by atoms with E-state index in [0.717, 1.165) is 31.5 Å². The van der Waals surface area contributed by atoms with Crippen molar-refractivity contribution in [2.24, 2.45) is 4.99 Å². The molecule has 3 aliphatic heterocycles. The van der Waals surface area contributed by atoms with Gasteiger partial charge in [0.1, 0.15) is 17.7 Å². The van der Waals surface area contributed by atoms with Crippen LogP contribution >= 0.6 is 0 Å². The summed E-state index contributed by atoms with van der Waals surface area (Å²) >= 11 is 0. The highest BCUT2D eigenvalue weighted by Crippen LogP contribution is 2.33. The Morgan fingerprint density at radius 3 is 2.67 bits per heavy atom. The summed E-state index contributed by atoms with van der Waals surface area (Å²) < 4.78 is 41.9. The number of amidine groups is 1. The summed E-state index contributed by atoms with van der Waals surface area (Å²) in [4.78, 5) is 27.8. The Labute approximate surface area is 225 Å². The van der Waals surface area contributed by atoms with Gasteiger partial charge in [-0.3, -0.25) is 14.7 Å². The second-order valence-electron chi connectivity index (χ2n) is 9.56. The molecule has 202 valence electrons. The fraction of sp³-hybridized carbons (Fsp3) is 0.345. The van der Waals surface area contributed by atoms with Crippen LogP contribution in [-0.2, 0) is 12.7 Å². The lowest BCUT2D eigenvalue weighted by Crippen LogP contribution is -2.45. The van der Waals surface area contributed by atoms with E-state index < -0.39 is 17.6 Å². The molecule has 1 atom stereocenters. The summed E-state index contributed by atoms with van der Waals surface area (Å²) in [6.45, 7) is 6.82. The van der Waals surface area contributed by atoms with E-state index in [2.05, 4.69) is 39.0 Å². The molecule has 2 aromatic rings. The molecule has 4 heterocycles. The zero-order valence-corrected chi connectivity index (χ0v) is 21.6. The minimum atomic E-state index is -4.58. The minimum absolute atomic E-state index is 0.0826. The molecule has 1 fully saturated rings. The number of alkyl halides is 3. The van der Waals surface area contributed by atoms with Gasteiger partial charge in [0.25, 0.3) is 5.91 Å². The number of carbonyl (C=O) groups is 1. The first-order chi connectivity index (χ1) is 18.8. The Kier molecular flexibility index (Phi) is 7.82. The highest BCUT2D eigenvalue weighted by Gasteiger charge is 2.34. The van der Waals surface area contributed by atoms with E-state index >= 15 is 0 Å². The number of amides is 1. The number of hydrogen-bond acceptors (Lipinski definition) is 6. The van der Waals surface area contributed by atoms with Crippen LogP contribution in [0.15, 0.2) is 65.9 Å². The highest BCUT2D eigenvalue weighted by molar-refractivity contribution is 6.04. The molecule has 5 rings (SSSR count). The van der Waals surface area contributed by atoms with Crippen LogP contribution in [0.5, 0.6) is 0 Å². The number of anilines is 1. The lowest BCUT2D eigenvalue weighted by Gasteiger charge is -2.34. The number of likely N-dealkylation sites (N-methyl/N-ethyl adjacent to an activating group) is 1. The number of piperazine rings is 1. The predicted molar refractivity (Wildman–Crippen MR) is 144 cm³/mol. The first-order valence-electron chi connectivity index (χ1n) is 12.9. The molecule has 1 aromatic heterocycles. The van der Waals surface area contributed by atoms with Gasteiger partial charge in [0.15, 0.2) is 0 Å². The molecule has 0 radical (unpaired) electrons. The lowest BCUT2D eigenvalue weighted by atomic mass is 10.0. The third kappa shape index (κ3) is 6.38. The molecule has 1 aromatic carbocycles. The van der Waals surface area contributed by atoms with Crippen LogP contribution in [0.25, 0.3) is 0 Å². The molecule has 0 spiro atoms. The van der Waals surface area contributed by atoms with Gasteiger partial charge in [-0.1, -0.05) is 30.9 Å². The van der Waals surface area contributed by atoms with E-state index in [1.54, 1.807) is 12.1 Å². The third-order valence-corrected chi connectivity index (χ3v) is 7.00. The number of nitrogens with zero attached hydrogens (tertiary/aromatic N) is 5. The number of pyridine rings is 1. The van der Waals surface area contributed by atoms with E-state index in [1.165, 1.54) is 18.3 Å². The Morgan fingerprint density at radius 2 is 1.90 bits per heavy atom. The van der Waals surface area contributed by atoms with E-state index in [9.17, 15) is 18.0 Å². The van der Waals surface area contributed by atoms with Crippen molar-refractivity contribution in [2.75, 3.05) is 44.6 Å². The number of halogens is 3. The van der Waals surface area contributed by atoms with Crippen LogP contribution in [0.1, 0.15) is 34.0 Å². The van der Waals surface area contributed by atoms with Crippen LogP contribution in [0.2, 0.25) is 0 Å². The molecule has 10 heteroatoms. The summed E-state index contributed by atoms with van der Waals surface area (Å²) in [6.07, 6.45) is 4.62. The minimum Gasteiger partial charge on any atom is -0.317 e. The van der Waals surface area contributed by atoms with Crippen molar-refractivity contribution >= 4 is 17.6 Å². The predicted octanol–water partition coefficient (Wildman–Crippen LogP) is 4.01. The van der Waals surface area contributed by atoms with Crippen molar-refractivity contribution in [1.29, 1.82) is 0 Å². The van der Waals surface area contributed by atoms with Gasteiger partial charge in [0.2, 0.25) is 0 Å². The average molecular weight is 535 g/mol. The molecular formula is C29H29F3N6O. The summed E-state index contributed by atoms with van der Waals surface area (Å²) in [5.41, 5.74) is -0.0848. The van der Waals surface area contributed by atoms with Crippen LogP contribution in [-0.4, -0.2) is 76.7 Å². The molecule has 1 amide bonds. The molecular weight excluding hydrogens is 505 g/mol. The van der Waals surface area contributed by atoms with Crippen molar-refractivity contribution in [2.45, 2.75) is 25.7 Å². The molecule has 0 saturated carbocycles. The Hall–Kier alpha value is -3.94. The van der Waals surface area contributed by atoms with Crippen molar-refractivity contribution in [3.63, 3.8) is 0 Å². The number of fused-ring (bicyclic) bond motifs is 1. The van der Waals surface area contributed by atoms with Crippen molar-refractivity contribution in [3.05, 3.63) is 83.2 Å². The third-order valence-electron chi connectivity index (χ3n) is 7.00. The number of benzene rings is 1. The van der Waals surface area contributed by atoms with Crippen molar-refractivity contribution < 1.29 is 18.0 Å². The number of hydrogen-bond donors (Lipinski definition) is 1. The van der Waals surface area contributed by atoms with Crippen LogP contribution in [0, 0.1) is 11.8 Å². The second kappa shape index (κ2) is 11.4. The average Bonchev–Trinajstić information content (AvgIpc) is 3.35. The van der Waals surface area contributed by atoms with E-state index in [-0.39, 0.29) is 29.5 Å². The zero-order chi connectivity index (χ0) is 27.4. The Bertz CT molecular complexity index is 1380. The summed E-state index contributed by atoms with van der Waals surface area (Å²) in [7, 11) is 0. The van der Waals surface area contributed by atoms with Crippen molar-refractivity contribution in [3.8, 4) is 11.8 Å². The van der Waals surface area contributed by atoms with E-state index in [0.29, 0.717) is 25.2 Å². The number of nitrogens with one attached hydrogen (secondary N) is 1. The fourth-order valence-electron chi connectivity index (χ4n) is 4.78. The van der Waals surface area contributed by atoms with Gasteiger partial charge in [0.05, 0.1) is 12.1 Å². The van der Waals surface area contributed by atoms with E-state index in [4.69, 9.17) is 0 Å². The summed E-state index contributed by atoms with van der Waals surface area (Å²) in [5, 5.41) is 2.61. The van der Waals surface area contributed by atoms with Gasteiger partial charge in [-0.05, 0) is 48.5 Å². The first-order valence-corrected chi connectivity index (χ1v) is 12.9. The number of carbonyl (C=O) groups excluding carboxylic acids is 1. The smallest absolute Gasteiger partial charge is 0.317 e. The van der Waals surface area contributed by atoms with Gasteiger partial charge in [0, 0.05) is 56.2 Å². The second-order valence-corrected chi connectivity index (χ2v) is 9.56. The van der Waals surface area contributed by atoms with Gasteiger partial charge in [-0.2, -0.15) is 13.2 Å². The number of aliphatic imine (C=N–C) groups is 1. The molecule has 39 heavy (non-hydrogen) atoms. The zero-order valence-electron chi connectivity index (χ0n) is 21.6. The maximum Gasteiger partial charge on any atom is 0.416 e. The van der Waals surface area contributed by atoms with Gasteiger partial charge in [-0.15, -0.1) is 0 Å². The molecule has 1 saturated heterocycles. The molecule has 3 aliphatic rings. The van der Waals surface area contributed by atoms with Crippen LogP contribution in [0.4, 0.5) is 19.0 Å². The molecule has 1 unspecified atom stereocenters. The number of allylic oxidation sites excluding steroid dienone is 2. The SMILES string of the molecule is CCN1CCN(Cc2ccc(C(=O)Nc3cc(C#CC4CN=C5C=CC=CN54)ccn3)cc2C(F)(F)F)CC1. The van der Waals surface area contributed by atoms with Gasteiger partial charge in [-0.25, -0.2) is 4.98 Å². The number of rotatable bonds is 5. The maximum atomic E-state index is 14.0. The largest absolute Gasteiger partial charge is 0.416 e. The topological polar surface area (TPSA) is 64.1 Å². The highest BCUT2D eigenvalue weighted by atomic mass is 19.4. The molecule has 0 bridgehead atoms. The first kappa shape index (κ1) is 26.7. The molecule has 0 aliphatic carbocycles. The quantitative estimate of drug-likeness (QED) is 0.588. The van der Waals surface area contributed by atoms with E-state index in [1.807, 2.05) is 34.2 Å². The normalized spacial score (nSPS) is 19.3. The van der Waals surface area contributed by atoms with Crippen LogP contribution in [0.3, 0.4) is 0 Å². The summed E-state index contributed by atoms with van der Waals surface area (Å²) in [5.74, 6) is 6.67. The van der Waals surface area contributed by atoms with Gasteiger partial charge >= 0.3 is 6.18 Å². The molecule has 1 N–H and O–H groups in total. The molecule has 7 nitrogen and oxygen atoms in total. The van der Waals surface area contributed by atoms with Gasteiger partial charge < -0.3 is 15.1 Å². The Morgan fingerprint density at radius 1 is 1.10 bits per heavy atom. The monoisotopic (exact) mass is 534 g/mol. The van der Waals surface area contributed by atoms with Crippen LogP contribution < -0.4 is 5.32 Å². The lowest BCUT2D eigenvalue weighted by molar-refractivity contribution is -0.138. The Balaban J connectivity index is 1.27. The standard InChI is InChI=1S/C29H29F3N6O/c1-2-36-13-15-37(16-14-36)20-23-8-7-22(18-25(23)29(30,31)32)28(39)35-26-17-21(10-11-33-26)6-9-24-19-34-27-5-3-4-12-38(24)27/h3-5,7-8,10-12,17-18,24H,2,13-16,19-20H2,1H3,(H,33,35,39). The summed E-state index contributed by atoms with van der Waals surface area (Å²) in [6, 6.07) is 6.98. The van der Waals surface area contributed by atoms with Crippen molar-refractivity contribution in [1.82, 2.24) is 19.7 Å². The number of aromatic nitrogens is 1. The maximum absolute atomic E-state index is 14.0.